The Kier molecular flexibility index (Phi) is 10.1. The van der Waals surface area contributed by atoms with Crippen LogP contribution in [0.15, 0.2) is 48.8 Å². The second-order valence-corrected chi connectivity index (χ2v) is 12.9. The first-order chi connectivity index (χ1) is 21.1. The monoisotopic (exact) mass is 624 g/mol. The molecule has 2 aromatic heterocycles. The number of hydrogen-bond acceptors (Lipinski definition) is 8. The first-order valence-corrected chi connectivity index (χ1v) is 15.5. The van der Waals surface area contributed by atoms with E-state index in [1.165, 1.54) is 7.11 Å². The van der Waals surface area contributed by atoms with E-state index in [4.69, 9.17) is 25.8 Å². The van der Waals surface area contributed by atoms with Crippen LogP contribution < -0.4 is 15.4 Å². The van der Waals surface area contributed by atoms with Crippen molar-refractivity contribution in [1.82, 2.24) is 25.3 Å². The van der Waals surface area contributed by atoms with Crippen molar-refractivity contribution in [2.75, 3.05) is 19.0 Å². The van der Waals surface area contributed by atoms with Gasteiger partial charge in [-0.2, -0.15) is 5.10 Å². The van der Waals surface area contributed by atoms with Crippen molar-refractivity contribution >= 4 is 29.3 Å². The van der Waals surface area contributed by atoms with Gasteiger partial charge >= 0.3 is 6.09 Å². The Balaban J connectivity index is 1.33. The zero-order valence-electron chi connectivity index (χ0n) is 25.7. The molecule has 5 rings (SSSR count). The third kappa shape index (κ3) is 8.69. The molecule has 1 aromatic carbocycles. The van der Waals surface area contributed by atoms with E-state index in [1.54, 1.807) is 43.9 Å². The zero-order valence-corrected chi connectivity index (χ0v) is 26.4. The van der Waals surface area contributed by atoms with Crippen LogP contribution in [0, 0.1) is 17.8 Å². The Morgan fingerprint density at radius 3 is 2.43 bits per heavy atom. The summed E-state index contributed by atoms with van der Waals surface area (Å²) in [5, 5.41) is 18.7. The Morgan fingerprint density at radius 2 is 1.80 bits per heavy atom. The summed E-state index contributed by atoms with van der Waals surface area (Å²) in [6.07, 6.45) is 7.54. The van der Waals surface area contributed by atoms with Crippen molar-refractivity contribution in [3.63, 3.8) is 0 Å². The van der Waals surface area contributed by atoms with Crippen molar-refractivity contribution in [3.05, 3.63) is 65.1 Å². The normalized spacial score (nSPS) is 16.3. The number of anilines is 1. The number of amides is 2. The van der Waals surface area contributed by atoms with Gasteiger partial charge in [-0.05, 0) is 82.3 Å². The summed E-state index contributed by atoms with van der Waals surface area (Å²) in [5.74, 6) is 0.955. The van der Waals surface area contributed by atoms with E-state index in [9.17, 15) is 9.59 Å². The summed E-state index contributed by atoms with van der Waals surface area (Å²) >= 11 is 6.24. The van der Waals surface area contributed by atoms with Gasteiger partial charge in [0.25, 0.3) is 0 Å². The molecule has 11 nitrogen and oxygen atoms in total. The van der Waals surface area contributed by atoms with Crippen LogP contribution >= 0.6 is 11.6 Å². The molecule has 12 heteroatoms. The number of halogens is 1. The second-order valence-electron chi connectivity index (χ2n) is 12.5. The van der Waals surface area contributed by atoms with E-state index >= 15 is 0 Å². The Labute approximate surface area is 263 Å². The van der Waals surface area contributed by atoms with Gasteiger partial charge < -0.3 is 24.8 Å². The third-order valence-electron chi connectivity index (χ3n) is 7.82. The molecule has 236 valence electrons. The van der Waals surface area contributed by atoms with Gasteiger partial charge in [0.1, 0.15) is 11.6 Å². The van der Waals surface area contributed by atoms with E-state index < -0.39 is 17.7 Å². The molecule has 0 aliphatic heterocycles. The maximum Gasteiger partial charge on any atom is 0.408 e. The smallest absolute Gasteiger partial charge is 0.408 e. The van der Waals surface area contributed by atoms with E-state index in [2.05, 4.69) is 25.9 Å². The van der Waals surface area contributed by atoms with Crippen LogP contribution in [0.2, 0.25) is 5.15 Å². The summed E-state index contributed by atoms with van der Waals surface area (Å²) in [6, 6.07) is 10.6. The fourth-order valence-corrected chi connectivity index (χ4v) is 5.77. The standard InChI is InChI=1S/C32H41ClN6O5/c1-32(2,3)44-31(41)36-28(27(21-10-11-21)22-12-13-22)29(40)35-23-17-34-39(18-23)25(24-16-26(33)37-38-30(24)42-4)14-15-43-19-20-8-6-5-7-9-20/h5-9,16-18,21-22,25,27-28H,10-15,19H2,1-4H3,(H,35,40)(H,36,41)/t25?,28-/m0/s1. The van der Waals surface area contributed by atoms with Crippen molar-refractivity contribution in [2.24, 2.45) is 17.8 Å². The highest BCUT2D eigenvalue weighted by atomic mass is 35.5. The van der Waals surface area contributed by atoms with Gasteiger partial charge in [0.15, 0.2) is 5.15 Å². The van der Waals surface area contributed by atoms with Crippen molar-refractivity contribution in [2.45, 2.75) is 77.2 Å². The zero-order chi connectivity index (χ0) is 31.3. The molecular weight excluding hydrogens is 584 g/mol. The molecule has 0 bridgehead atoms. The van der Waals surface area contributed by atoms with Gasteiger partial charge in [0.05, 0.1) is 31.6 Å². The lowest BCUT2D eigenvalue weighted by Crippen LogP contribution is -2.51. The fraction of sp³-hybridized carbons (Fsp3) is 0.531. The van der Waals surface area contributed by atoms with Crippen LogP contribution in [0.3, 0.4) is 0 Å². The number of rotatable bonds is 14. The van der Waals surface area contributed by atoms with E-state index in [1.807, 2.05) is 30.3 Å². The van der Waals surface area contributed by atoms with E-state index in [-0.39, 0.29) is 23.0 Å². The summed E-state index contributed by atoms with van der Waals surface area (Å²) < 4.78 is 18.7. The number of aromatic nitrogens is 4. The number of carbonyl (C=O) groups excluding carboxylic acids is 2. The highest BCUT2D eigenvalue weighted by molar-refractivity contribution is 6.29. The SMILES string of the molecule is COc1nnc(Cl)cc1C(CCOCc1ccccc1)n1cc(NC(=O)[C@@H](NC(=O)OC(C)(C)C)C(C2CC2)C2CC2)cn1. The summed E-state index contributed by atoms with van der Waals surface area (Å²) in [4.78, 5) is 26.6. The number of hydrogen-bond donors (Lipinski definition) is 2. The molecule has 2 amide bonds. The van der Waals surface area contributed by atoms with Crippen LogP contribution in [0.25, 0.3) is 0 Å². The predicted octanol–water partition coefficient (Wildman–Crippen LogP) is 5.80. The molecule has 2 fully saturated rings. The largest absolute Gasteiger partial charge is 0.480 e. The topological polar surface area (TPSA) is 129 Å². The minimum absolute atomic E-state index is 0.0707. The molecule has 2 atom stereocenters. The number of ether oxygens (including phenoxy) is 3. The van der Waals surface area contributed by atoms with Crippen LogP contribution in [0.5, 0.6) is 5.88 Å². The molecule has 0 saturated heterocycles. The molecule has 2 aliphatic rings. The summed E-state index contributed by atoms with van der Waals surface area (Å²) in [7, 11) is 1.52. The minimum atomic E-state index is -0.710. The number of methoxy groups -OCH3 is 1. The van der Waals surface area contributed by atoms with Crippen molar-refractivity contribution < 1.29 is 23.8 Å². The average Bonchev–Trinajstić information content (AvgIpc) is 3.92. The molecule has 0 radical (unpaired) electrons. The Hall–Kier alpha value is -3.70. The Morgan fingerprint density at radius 1 is 1.09 bits per heavy atom. The lowest BCUT2D eigenvalue weighted by molar-refractivity contribution is -0.120. The highest BCUT2D eigenvalue weighted by Crippen LogP contribution is 2.51. The van der Waals surface area contributed by atoms with Gasteiger partial charge in [-0.25, -0.2) is 4.79 Å². The maximum atomic E-state index is 13.8. The van der Waals surface area contributed by atoms with E-state index in [0.29, 0.717) is 48.6 Å². The fourth-order valence-electron chi connectivity index (χ4n) is 5.61. The third-order valence-corrected chi connectivity index (χ3v) is 8.00. The lowest BCUT2D eigenvalue weighted by atomic mass is 9.89. The van der Waals surface area contributed by atoms with Gasteiger partial charge in [-0.3, -0.25) is 9.48 Å². The summed E-state index contributed by atoms with van der Waals surface area (Å²) in [5.41, 5.74) is 1.58. The van der Waals surface area contributed by atoms with Gasteiger partial charge in [0.2, 0.25) is 11.8 Å². The minimum Gasteiger partial charge on any atom is -0.480 e. The molecule has 2 N–H and O–H groups in total. The van der Waals surface area contributed by atoms with Crippen molar-refractivity contribution in [3.8, 4) is 5.88 Å². The number of alkyl carbamates (subject to hydrolysis) is 1. The molecule has 2 saturated carbocycles. The second kappa shape index (κ2) is 13.9. The number of carbonyl (C=O) groups is 2. The van der Waals surface area contributed by atoms with E-state index in [0.717, 1.165) is 31.2 Å². The molecule has 0 spiro atoms. The van der Waals surface area contributed by atoms with Gasteiger partial charge in [-0.15, -0.1) is 10.2 Å². The van der Waals surface area contributed by atoms with Gasteiger partial charge in [0, 0.05) is 18.4 Å². The van der Waals surface area contributed by atoms with Crippen LogP contribution in [0.1, 0.15) is 70.0 Å². The quantitative estimate of drug-likeness (QED) is 0.215. The number of nitrogens with one attached hydrogen (secondary N) is 2. The van der Waals surface area contributed by atoms with Crippen LogP contribution in [-0.4, -0.2) is 57.3 Å². The number of nitrogens with zero attached hydrogens (tertiary/aromatic N) is 4. The first kappa shape index (κ1) is 31.7. The molecule has 1 unspecified atom stereocenters. The number of benzene rings is 1. The molecule has 44 heavy (non-hydrogen) atoms. The molecule has 2 heterocycles. The molecular formula is C32H41ClN6O5. The first-order valence-electron chi connectivity index (χ1n) is 15.1. The van der Waals surface area contributed by atoms with Crippen LogP contribution in [-0.2, 0) is 20.9 Å². The average molecular weight is 625 g/mol. The lowest BCUT2D eigenvalue weighted by Gasteiger charge is -2.28. The molecule has 2 aliphatic carbocycles. The van der Waals surface area contributed by atoms with Crippen LogP contribution in [0.4, 0.5) is 10.5 Å². The van der Waals surface area contributed by atoms with Crippen molar-refractivity contribution in [1.29, 1.82) is 0 Å². The molecule has 3 aromatic rings. The maximum absolute atomic E-state index is 13.8. The van der Waals surface area contributed by atoms with Gasteiger partial charge in [-0.1, -0.05) is 41.9 Å². The summed E-state index contributed by atoms with van der Waals surface area (Å²) in [6.45, 7) is 6.29. The highest BCUT2D eigenvalue weighted by Gasteiger charge is 2.48. The predicted molar refractivity (Wildman–Crippen MR) is 165 cm³/mol. The Bertz CT molecular complexity index is 1410.